The minimum Gasteiger partial charge on any atom is -0.378 e. The maximum Gasteiger partial charge on any atom is 0.278 e. The maximum absolute atomic E-state index is 14.2. The Morgan fingerprint density at radius 1 is 1.15 bits per heavy atom. The number of nitrogens with two attached hydrogens (primary N) is 1. The number of nitrogens with zero attached hydrogens (tertiary/aromatic N) is 6. The summed E-state index contributed by atoms with van der Waals surface area (Å²) >= 11 is 0. The molecule has 2 N–H and O–H groups in total. The zero-order chi connectivity index (χ0) is 27.6. The van der Waals surface area contributed by atoms with Crippen LogP contribution < -0.4 is 16.2 Å². The summed E-state index contributed by atoms with van der Waals surface area (Å²) in [4.78, 5) is 41.6. The van der Waals surface area contributed by atoms with Crippen LogP contribution in [0.5, 0.6) is 0 Å². The number of hydrogen-bond acceptors (Lipinski definition) is 7. The molecule has 2 aliphatic heterocycles. The number of ether oxygens (including phenoxy) is 1. The number of carbonyl (C=O) groups is 1. The highest BCUT2D eigenvalue weighted by Crippen LogP contribution is 2.33. The quantitative estimate of drug-likeness (QED) is 0.387. The van der Waals surface area contributed by atoms with E-state index in [1.807, 2.05) is 34.9 Å². The zero-order valence-electron chi connectivity index (χ0n) is 22.7. The molecule has 4 aromatic rings. The van der Waals surface area contributed by atoms with Crippen molar-refractivity contribution in [3.05, 3.63) is 64.5 Å². The highest BCUT2D eigenvalue weighted by Gasteiger charge is 2.34. The highest BCUT2D eigenvalue weighted by molar-refractivity contribution is 6.10. The molecule has 0 saturated carbocycles. The van der Waals surface area contributed by atoms with Gasteiger partial charge in [0, 0.05) is 43.8 Å². The predicted octanol–water partition coefficient (Wildman–Crippen LogP) is 2.22. The van der Waals surface area contributed by atoms with Gasteiger partial charge in [0.25, 0.3) is 11.5 Å². The van der Waals surface area contributed by atoms with Crippen molar-refractivity contribution in [1.29, 1.82) is 0 Å². The van der Waals surface area contributed by atoms with E-state index in [2.05, 4.69) is 21.7 Å². The van der Waals surface area contributed by atoms with Crippen molar-refractivity contribution < 1.29 is 9.53 Å². The number of anilines is 1. The fourth-order valence-electron chi connectivity index (χ4n) is 5.80. The molecule has 0 radical (unpaired) electrons. The lowest BCUT2D eigenvalue weighted by molar-refractivity contribution is 0.0304. The third-order valence-electron chi connectivity index (χ3n) is 7.76. The molecule has 6 rings (SSSR count). The number of piperidine rings is 1. The lowest BCUT2D eigenvalue weighted by Crippen LogP contribution is -2.45. The predicted molar refractivity (Wildman–Crippen MR) is 154 cm³/mol. The summed E-state index contributed by atoms with van der Waals surface area (Å²) in [6, 6.07) is 9.91. The van der Waals surface area contributed by atoms with Gasteiger partial charge in [-0.15, -0.1) is 5.92 Å². The number of benzene rings is 1. The molecule has 206 valence electrons. The van der Waals surface area contributed by atoms with Crippen molar-refractivity contribution in [3.63, 3.8) is 0 Å². The molecule has 1 aromatic carbocycles. The Bertz CT molecular complexity index is 1690. The maximum atomic E-state index is 14.2. The molecular formula is C30H33N7O3. The fraction of sp³-hybridized carbons (Fsp3) is 0.400. The van der Waals surface area contributed by atoms with Gasteiger partial charge in [-0.3, -0.25) is 19.1 Å². The van der Waals surface area contributed by atoms with Gasteiger partial charge in [-0.1, -0.05) is 30.2 Å². The smallest absolute Gasteiger partial charge is 0.278 e. The molecule has 10 heteroatoms. The standard InChI is InChI=1S/C30H33N7O3/c1-2-3-13-37-27-26(33-20-36(30(27)39)19-24-23-9-5-4-7-21(23)10-11-32-24)25(29(38)34-14-16-40-17-15-34)28(37)35-12-6-8-22(31)18-35/h4-5,7,9-11,20,22H,6,8,12-19,31H2,1H3. The highest BCUT2D eigenvalue weighted by atomic mass is 16.5. The summed E-state index contributed by atoms with van der Waals surface area (Å²) in [5, 5.41) is 2.04. The van der Waals surface area contributed by atoms with E-state index in [0.717, 1.165) is 35.9 Å². The van der Waals surface area contributed by atoms with Gasteiger partial charge in [0.2, 0.25) is 0 Å². The third-order valence-corrected chi connectivity index (χ3v) is 7.76. The molecule has 0 bridgehead atoms. The van der Waals surface area contributed by atoms with E-state index in [9.17, 15) is 9.59 Å². The van der Waals surface area contributed by atoms with Crippen LogP contribution >= 0.6 is 0 Å². The average Bonchev–Trinajstić information content (AvgIpc) is 3.32. The fourth-order valence-corrected chi connectivity index (χ4v) is 5.80. The topological polar surface area (TPSA) is 112 Å². The van der Waals surface area contributed by atoms with Crippen LogP contribution in [0, 0.1) is 11.8 Å². The number of pyridine rings is 1. The molecular weight excluding hydrogens is 506 g/mol. The second-order valence-corrected chi connectivity index (χ2v) is 10.3. The number of morpholine rings is 1. The SMILES string of the molecule is CC#CCn1c(N2CCCC(N)C2)c(C(=O)N2CCOCC2)c2ncn(Cc3nccc4ccccc34)c(=O)c21. The van der Waals surface area contributed by atoms with Crippen LogP contribution in [-0.4, -0.2) is 75.3 Å². The van der Waals surface area contributed by atoms with Crippen molar-refractivity contribution in [2.75, 3.05) is 44.3 Å². The number of aromatic nitrogens is 4. The molecule has 1 unspecified atom stereocenters. The number of fused-ring (bicyclic) bond motifs is 2. The van der Waals surface area contributed by atoms with Crippen molar-refractivity contribution in [2.45, 2.75) is 38.9 Å². The molecule has 1 atom stereocenters. The third kappa shape index (κ3) is 4.72. The van der Waals surface area contributed by atoms with E-state index in [1.54, 1.807) is 22.6 Å². The van der Waals surface area contributed by atoms with E-state index < -0.39 is 0 Å². The van der Waals surface area contributed by atoms with Gasteiger partial charge in [-0.05, 0) is 31.2 Å². The minimum absolute atomic E-state index is 0.0223. The number of amides is 1. The Kier molecular flexibility index (Phi) is 7.24. The minimum atomic E-state index is -0.235. The summed E-state index contributed by atoms with van der Waals surface area (Å²) < 4.78 is 8.94. The Balaban J connectivity index is 1.55. The lowest BCUT2D eigenvalue weighted by Gasteiger charge is -2.34. The van der Waals surface area contributed by atoms with Crippen LogP contribution in [0.4, 0.5) is 5.82 Å². The van der Waals surface area contributed by atoms with Crippen LogP contribution in [0.15, 0.2) is 47.7 Å². The van der Waals surface area contributed by atoms with Gasteiger partial charge in [-0.25, -0.2) is 4.98 Å². The van der Waals surface area contributed by atoms with E-state index in [1.165, 1.54) is 6.33 Å². The first-order valence-electron chi connectivity index (χ1n) is 13.8. The summed E-state index contributed by atoms with van der Waals surface area (Å²) in [6.45, 7) is 5.55. The molecule has 10 nitrogen and oxygen atoms in total. The summed E-state index contributed by atoms with van der Waals surface area (Å²) in [7, 11) is 0. The van der Waals surface area contributed by atoms with Gasteiger partial charge in [0.05, 0.1) is 38.3 Å². The first-order valence-corrected chi connectivity index (χ1v) is 13.8. The lowest BCUT2D eigenvalue weighted by atomic mass is 10.1. The van der Waals surface area contributed by atoms with E-state index in [0.29, 0.717) is 55.3 Å². The molecule has 0 aliphatic carbocycles. The molecule has 5 heterocycles. The molecule has 40 heavy (non-hydrogen) atoms. The van der Waals surface area contributed by atoms with Crippen molar-refractivity contribution >= 4 is 33.5 Å². The number of hydrogen-bond donors (Lipinski definition) is 1. The first kappa shape index (κ1) is 26.0. The molecule has 0 spiro atoms. The second kappa shape index (κ2) is 11.1. The van der Waals surface area contributed by atoms with Gasteiger partial charge < -0.3 is 24.8 Å². The van der Waals surface area contributed by atoms with Crippen LogP contribution in [-0.2, 0) is 17.8 Å². The molecule has 2 fully saturated rings. The van der Waals surface area contributed by atoms with Crippen molar-refractivity contribution in [1.82, 2.24) is 24.0 Å². The van der Waals surface area contributed by atoms with Gasteiger partial charge in [0.1, 0.15) is 22.4 Å². The monoisotopic (exact) mass is 539 g/mol. The Hall–Kier alpha value is -4.20. The Morgan fingerprint density at radius 3 is 2.77 bits per heavy atom. The largest absolute Gasteiger partial charge is 0.378 e. The number of carbonyl (C=O) groups excluding carboxylic acids is 1. The Morgan fingerprint density at radius 2 is 1.98 bits per heavy atom. The van der Waals surface area contributed by atoms with Crippen molar-refractivity contribution in [2.24, 2.45) is 5.73 Å². The summed E-state index contributed by atoms with van der Waals surface area (Å²) in [5.41, 5.74) is 8.14. The van der Waals surface area contributed by atoms with Crippen LogP contribution in [0.3, 0.4) is 0 Å². The first-order chi connectivity index (χ1) is 19.6. The molecule has 1 amide bonds. The van der Waals surface area contributed by atoms with Crippen LogP contribution in [0.2, 0.25) is 0 Å². The summed E-state index contributed by atoms with van der Waals surface area (Å²) in [5.74, 6) is 6.60. The van der Waals surface area contributed by atoms with Gasteiger partial charge in [-0.2, -0.15) is 0 Å². The second-order valence-electron chi connectivity index (χ2n) is 10.3. The van der Waals surface area contributed by atoms with Crippen LogP contribution in [0.1, 0.15) is 35.8 Å². The average molecular weight is 540 g/mol. The van der Waals surface area contributed by atoms with E-state index in [4.69, 9.17) is 15.5 Å². The van der Waals surface area contributed by atoms with E-state index in [-0.39, 0.29) is 30.6 Å². The summed E-state index contributed by atoms with van der Waals surface area (Å²) in [6.07, 6.45) is 5.11. The number of rotatable bonds is 5. The molecule has 3 aromatic heterocycles. The van der Waals surface area contributed by atoms with Crippen molar-refractivity contribution in [3.8, 4) is 11.8 Å². The van der Waals surface area contributed by atoms with E-state index >= 15 is 0 Å². The van der Waals surface area contributed by atoms with Gasteiger partial charge >= 0.3 is 0 Å². The van der Waals surface area contributed by atoms with Gasteiger partial charge in [0.15, 0.2) is 0 Å². The molecule has 2 aliphatic rings. The Labute approximate surface area is 232 Å². The van der Waals surface area contributed by atoms with Crippen LogP contribution in [0.25, 0.3) is 21.8 Å². The molecule has 2 saturated heterocycles. The zero-order valence-corrected chi connectivity index (χ0v) is 22.7. The normalized spacial score (nSPS) is 17.7.